The summed E-state index contributed by atoms with van der Waals surface area (Å²) in [6, 6.07) is 4.20. The number of halogens is 2. The van der Waals surface area contributed by atoms with Gasteiger partial charge in [0.15, 0.2) is 0 Å². The van der Waals surface area contributed by atoms with Crippen molar-refractivity contribution >= 4 is 41.0 Å². The van der Waals surface area contributed by atoms with Gasteiger partial charge < -0.3 is 10.6 Å². The van der Waals surface area contributed by atoms with Gasteiger partial charge in [0.2, 0.25) is 5.91 Å². The lowest BCUT2D eigenvalue weighted by Crippen LogP contribution is -2.47. The SMILES string of the molecule is C[C@@H]1CCCC[C@H]1NC(=O)CN1C(=O)N[C@](C)(c2ccc(Cl)cc2Cl)C1=O. The van der Waals surface area contributed by atoms with Crippen molar-refractivity contribution in [2.45, 2.75) is 51.1 Å². The molecule has 146 valence electrons. The van der Waals surface area contributed by atoms with Crippen molar-refractivity contribution in [1.29, 1.82) is 0 Å². The number of carbonyl (C=O) groups excluding carboxylic acids is 3. The molecule has 0 radical (unpaired) electrons. The van der Waals surface area contributed by atoms with Gasteiger partial charge in [-0.2, -0.15) is 0 Å². The van der Waals surface area contributed by atoms with E-state index in [1.807, 2.05) is 0 Å². The highest BCUT2D eigenvalue weighted by atomic mass is 35.5. The van der Waals surface area contributed by atoms with Gasteiger partial charge in [0.05, 0.1) is 0 Å². The van der Waals surface area contributed by atoms with E-state index in [9.17, 15) is 14.4 Å². The minimum absolute atomic E-state index is 0.0871. The lowest BCUT2D eigenvalue weighted by Gasteiger charge is -2.30. The van der Waals surface area contributed by atoms with E-state index in [1.165, 1.54) is 12.5 Å². The highest BCUT2D eigenvalue weighted by Gasteiger charge is 2.50. The van der Waals surface area contributed by atoms with Crippen LogP contribution in [0.1, 0.15) is 45.1 Å². The summed E-state index contributed by atoms with van der Waals surface area (Å²) in [5, 5.41) is 6.33. The van der Waals surface area contributed by atoms with Gasteiger partial charge in [0.25, 0.3) is 5.91 Å². The van der Waals surface area contributed by atoms with Crippen LogP contribution in [0.4, 0.5) is 4.79 Å². The monoisotopic (exact) mass is 411 g/mol. The van der Waals surface area contributed by atoms with Gasteiger partial charge in [-0.3, -0.25) is 14.5 Å². The molecule has 0 spiro atoms. The molecule has 0 unspecified atom stereocenters. The Morgan fingerprint density at radius 3 is 2.67 bits per heavy atom. The Morgan fingerprint density at radius 1 is 1.30 bits per heavy atom. The highest BCUT2D eigenvalue weighted by Crippen LogP contribution is 2.35. The smallest absolute Gasteiger partial charge is 0.325 e. The van der Waals surface area contributed by atoms with Crippen LogP contribution in [0.3, 0.4) is 0 Å². The Morgan fingerprint density at radius 2 is 2.00 bits per heavy atom. The summed E-state index contributed by atoms with van der Waals surface area (Å²) in [6.45, 7) is 3.37. The second-order valence-corrected chi connectivity index (χ2v) is 8.35. The molecule has 27 heavy (non-hydrogen) atoms. The molecule has 0 aromatic heterocycles. The number of urea groups is 1. The number of imide groups is 1. The van der Waals surface area contributed by atoms with Crippen molar-refractivity contribution in [2.75, 3.05) is 6.54 Å². The second-order valence-electron chi connectivity index (χ2n) is 7.51. The molecule has 2 fully saturated rings. The Balaban J connectivity index is 1.73. The summed E-state index contributed by atoms with van der Waals surface area (Å²) < 4.78 is 0. The summed E-state index contributed by atoms with van der Waals surface area (Å²) >= 11 is 12.1. The van der Waals surface area contributed by atoms with Crippen LogP contribution in [0.15, 0.2) is 18.2 Å². The van der Waals surface area contributed by atoms with Crippen LogP contribution in [0.2, 0.25) is 10.0 Å². The summed E-state index contributed by atoms with van der Waals surface area (Å²) in [4.78, 5) is 38.7. The molecule has 1 saturated heterocycles. The predicted octanol–water partition coefficient (Wildman–Crippen LogP) is 3.46. The maximum atomic E-state index is 12.9. The van der Waals surface area contributed by atoms with E-state index in [1.54, 1.807) is 19.1 Å². The van der Waals surface area contributed by atoms with E-state index in [0.29, 0.717) is 16.5 Å². The van der Waals surface area contributed by atoms with Crippen LogP contribution in [0.25, 0.3) is 0 Å². The quantitative estimate of drug-likeness (QED) is 0.744. The van der Waals surface area contributed by atoms with Crippen LogP contribution < -0.4 is 10.6 Å². The van der Waals surface area contributed by atoms with Gasteiger partial charge >= 0.3 is 6.03 Å². The molecule has 3 atom stereocenters. The lowest BCUT2D eigenvalue weighted by atomic mass is 9.86. The molecule has 1 aromatic carbocycles. The number of hydrogen-bond donors (Lipinski definition) is 2. The first-order chi connectivity index (χ1) is 12.7. The number of carbonyl (C=O) groups is 3. The number of hydrogen-bond acceptors (Lipinski definition) is 3. The molecule has 0 bridgehead atoms. The average Bonchev–Trinajstić information content (AvgIpc) is 2.81. The largest absolute Gasteiger partial charge is 0.352 e. The van der Waals surface area contributed by atoms with Crippen LogP contribution >= 0.6 is 23.2 Å². The zero-order chi connectivity index (χ0) is 19.8. The summed E-state index contributed by atoms with van der Waals surface area (Å²) in [5.41, 5.74) is -0.896. The van der Waals surface area contributed by atoms with Crippen molar-refractivity contribution in [3.8, 4) is 0 Å². The lowest BCUT2D eigenvalue weighted by molar-refractivity contribution is -0.135. The molecule has 2 aliphatic rings. The molecule has 4 amide bonds. The molecule has 1 aliphatic carbocycles. The van der Waals surface area contributed by atoms with E-state index in [4.69, 9.17) is 23.2 Å². The summed E-state index contributed by atoms with van der Waals surface area (Å²) in [7, 11) is 0. The second kappa shape index (κ2) is 7.68. The van der Waals surface area contributed by atoms with Crippen molar-refractivity contribution < 1.29 is 14.4 Å². The Bertz CT molecular complexity index is 785. The Labute approximate surface area is 168 Å². The topological polar surface area (TPSA) is 78.5 Å². The normalized spacial score (nSPS) is 28.2. The molecule has 1 aromatic rings. The molecule has 8 heteroatoms. The van der Waals surface area contributed by atoms with Crippen LogP contribution in [0.5, 0.6) is 0 Å². The van der Waals surface area contributed by atoms with E-state index in [2.05, 4.69) is 17.6 Å². The fourth-order valence-corrected chi connectivity index (χ4v) is 4.44. The Hall–Kier alpha value is -1.79. The Kier molecular flexibility index (Phi) is 5.68. The van der Waals surface area contributed by atoms with Gasteiger partial charge in [-0.05, 0) is 37.8 Å². The van der Waals surface area contributed by atoms with Gasteiger partial charge in [0, 0.05) is 21.7 Å². The van der Waals surface area contributed by atoms with Crippen molar-refractivity contribution in [3.63, 3.8) is 0 Å². The molecule has 1 saturated carbocycles. The first-order valence-electron chi connectivity index (χ1n) is 9.11. The van der Waals surface area contributed by atoms with Crippen LogP contribution in [-0.2, 0) is 15.1 Å². The first-order valence-corrected chi connectivity index (χ1v) is 9.87. The minimum atomic E-state index is -1.34. The van der Waals surface area contributed by atoms with Crippen molar-refractivity contribution in [3.05, 3.63) is 33.8 Å². The number of nitrogens with zero attached hydrogens (tertiary/aromatic N) is 1. The zero-order valence-corrected chi connectivity index (χ0v) is 16.9. The molecule has 2 N–H and O–H groups in total. The minimum Gasteiger partial charge on any atom is -0.352 e. The maximum Gasteiger partial charge on any atom is 0.325 e. The van der Waals surface area contributed by atoms with Crippen molar-refractivity contribution in [1.82, 2.24) is 15.5 Å². The molecular weight excluding hydrogens is 389 g/mol. The van der Waals surface area contributed by atoms with E-state index in [0.717, 1.165) is 24.2 Å². The first kappa shape index (κ1) is 20.0. The standard InChI is InChI=1S/C19H23Cl2N3O3/c1-11-5-3-4-6-15(11)22-16(25)10-24-17(26)19(2,23-18(24)27)13-8-7-12(20)9-14(13)21/h7-9,11,15H,3-6,10H2,1-2H3,(H,22,25)(H,23,27)/t11-,15-,19-/m1/s1. The fourth-order valence-electron chi connectivity index (χ4n) is 3.84. The third-order valence-corrected chi connectivity index (χ3v) is 6.05. The maximum absolute atomic E-state index is 12.9. The number of amides is 4. The van der Waals surface area contributed by atoms with Crippen LogP contribution in [-0.4, -0.2) is 35.3 Å². The number of rotatable bonds is 4. The van der Waals surface area contributed by atoms with Crippen molar-refractivity contribution in [2.24, 2.45) is 5.92 Å². The predicted molar refractivity (Wildman–Crippen MR) is 104 cm³/mol. The van der Waals surface area contributed by atoms with E-state index < -0.39 is 17.5 Å². The van der Waals surface area contributed by atoms with E-state index >= 15 is 0 Å². The average molecular weight is 412 g/mol. The summed E-state index contributed by atoms with van der Waals surface area (Å²) in [5.74, 6) is -0.448. The van der Waals surface area contributed by atoms with Crippen LogP contribution in [0, 0.1) is 5.92 Å². The van der Waals surface area contributed by atoms with E-state index in [-0.39, 0.29) is 23.5 Å². The molecule has 1 heterocycles. The van der Waals surface area contributed by atoms with Gasteiger partial charge in [-0.25, -0.2) is 4.79 Å². The number of nitrogens with one attached hydrogen (secondary N) is 2. The third-order valence-electron chi connectivity index (χ3n) is 5.50. The highest BCUT2D eigenvalue weighted by molar-refractivity contribution is 6.35. The zero-order valence-electron chi connectivity index (χ0n) is 15.4. The van der Waals surface area contributed by atoms with Gasteiger partial charge in [-0.1, -0.05) is 49.0 Å². The number of benzene rings is 1. The molecule has 6 nitrogen and oxygen atoms in total. The summed E-state index contributed by atoms with van der Waals surface area (Å²) in [6.07, 6.45) is 4.23. The van der Waals surface area contributed by atoms with Gasteiger partial charge in [0.1, 0.15) is 12.1 Å². The fraction of sp³-hybridized carbons (Fsp3) is 0.526. The molecule has 3 rings (SSSR count). The molecule has 1 aliphatic heterocycles. The third kappa shape index (κ3) is 3.92. The van der Waals surface area contributed by atoms with Gasteiger partial charge in [-0.15, -0.1) is 0 Å². The molecular formula is C19H23Cl2N3O3.